The van der Waals surface area contributed by atoms with Crippen molar-refractivity contribution >= 4 is 15.9 Å². The molecule has 8 heteroatoms. The van der Waals surface area contributed by atoms with E-state index in [1.807, 2.05) is 48.0 Å². The number of rotatable bonds is 9. The van der Waals surface area contributed by atoms with Gasteiger partial charge in [-0.05, 0) is 18.9 Å². The standard InChI is InChI=1S/C17H24N4O3S/c1-14-18-11-13-21(14)12-9-16(15-6-4-3-5-7-15)20-17(22)8-10-19-25(2,23)24/h3-7,11,13,16,19H,8-10,12H2,1-2H3,(H,20,22)/t16-/m0/s1. The molecule has 1 heterocycles. The molecule has 2 aromatic rings. The number of sulfonamides is 1. The second-order valence-electron chi connectivity index (χ2n) is 5.90. The molecule has 0 saturated carbocycles. The van der Waals surface area contributed by atoms with Crippen LogP contribution in [0.3, 0.4) is 0 Å². The zero-order chi connectivity index (χ0) is 18.3. The minimum absolute atomic E-state index is 0.0901. The molecule has 7 nitrogen and oxygen atoms in total. The van der Waals surface area contributed by atoms with Crippen molar-refractivity contribution < 1.29 is 13.2 Å². The SMILES string of the molecule is Cc1nccn1CC[C@H](NC(=O)CCNS(C)(=O)=O)c1ccccc1. The molecular weight excluding hydrogens is 340 g/mol. The fraction of sp³-hybridized carbons (Fsp3) is 0.412. The molecule has 1 aromatic carbocycles. The summed E-state index contributed by atoms with van der Waals surface area (Å²) < 4.78 is 26.5. The van der Waals surface area contributed by atoms with E-state index in [0.29, 0.717) is 6.42 Å². The van der Waals surface area contributed by atoms with Gasteiger partial charge in [-0.2, -0.15) is 0 Å². The summed E-state index contributed by atoms with van der Waals surface area (Å²) in [6.45, 7) is 2.76. The highest BCUT2D eigenvalue weighted by atomic mass is 32.2. The third-order valence-corrected chi connectivity index (χ3v) is 4.56. The number of nitrogens with one attached hydrogen (secondary N) is 2. The van der Waals surface area contributed by atoms with Crippen LogP contribution in [0.25, 0.3) is 0 Å². The summed E-state index contributed by atoms with van der Waals surface area (Å²) in [6.07, 6.45) is 5.55. The monoisotopic (exact) mass is 364 g/mol. The Morgan fingerprint density at radius 2 is 2.00 bits per heavy atom. The van der Waals surface area contributed by atoms with Crippen LogP contribution in [0.15, 0.2) is 42.7 Å². The van der Waals surface area contributed by atoms with Gasteiger partial charge >= 0.3 is 0 Å². The van der Waals surface area contributed by atoms with Crippen LogP contribution in [0.2, 0.25) is 0 Å². The number of hydrogen-bond donors (Lipinski definition) is 2. The van der Waals surface area contributed by atoms with Gasteiger partial charge in [-0.15, -0.1) is 0 Å². The zero-order valence-corrected chi connectivity index (χ0v) is 15.3. The highest BCUT2D eigenvalue weighted by Crippen LogP contribution is 2.18. The molecule has 0 saturated heterocycles. The first-order chi connectivity index (χ1) is 11.8. The predicted octanol–water partition coefficient (Wildman–Crippen LogP) is 1.38. The molecule has 0 radical (unpaired) electrons. The summed E-state index contributed by atoms with van der Waals surface area (Å²) in [5.74, 6) is 0.739. The van der Waals surface area contributed by atoms with Gasteiger partial charge in [0.25, 0.3) is 0 Å². The van der Waals surface area contributed by atoms with Crippen LogP contribution in [0, 0.1) is 6.92 Å². The van der Waals surface area contributed by atoms with E-state index in [1.54, 1.807) is 6.20 Å². The number of hydrogen-bond acceptors (Lipinski definition) is 4. The van der Waals surface area contributed by atoms with Crippen molar-refractivity contribution in [2.45, 2.75) is 32.4 Å². The van der Waals surface area contributed by atoms with Crippen molar-refractivity contribution in [1.82, 2.24) is 19.6 Å². The summed E-state index contributed by atoms with van der Waals surface area (Å²) in [5, 5.41) is 2.99. The lowest BCUT2D eigenvalue weighted by molar-refractivity contribution is -0.121. The van der Waals surface area contributed by atoms with Crippen LogP contribution in [-0.2, 0) is 21.4 Å². The molecule has 0 aliphatic rings. The van der Waals surface area contributed by atoms with E-state index in [1.165, 1.54) is 0 Å². The van der Waals surface area contributed by atoms with Crippen molar-refractivity contribution in [2.24, 2.45) is 0 Å². The van der Waals surface area contributed by atoms with Crippen LogP contribution in [0.1, 0.15) is 30.3 Å². The van der Waals surface area contributed by atoms with Crippen LogP contribution < -0.4 is 10.0 Å². The molecule has 2 N–H and O–H groups in total. The third kappa shape index (κ3) is 6.67. The lowest BCUT2D eigenvalue weighted by atomic mass is 10.0. The van der Waals surface area contributed by atoms with Gasteiger partial charge in [0.15, 0.2) is 0 Å². The maximum atomic E-state index is 12.2. The van der Waals surface area contributed by atoms with E-state index in [4.69, 9.17) is 0 Å². The first-order valence-corrected chi connectivity index (χ1v) is 10.0. The molecule has 1 amide bonds. The molecule has 1 aromatic heterocycles. The zero-order valence-electron chi connectivity index (χ0n) is 14.5. The second-order valence-corrected chi connectivity index (χ2v) is 7.74. The fourth-order valence-corrected chi connectivity index (χ4v) is 3.01. The largest absolute Gasteiger partial charge is 0.349 e. The lowest BCUT2D eigenvalue weighted by Crippen LogP contribution is -2.33. The van der Waals surface area contributed by atoms with Gasteiger partial charge in [0.1, 0.15) is 5.82 Å². The molecule has 136 valence electrons. The fourth-order valence-electron chi connectivity index (χ4n) is 2.53. The topological polar surface area (TPSA) is 93.1 Å². The summed E-state index contributed by atoms with van der Waals surface area (Å²) in [5.41, 5.74) is 1.02. The van der Waals surface area contributed by atoms with Crippen molar-refractivity contribution in [3.05, 3.63) is 54.1 Å². The quantitative estimate of drug-likeness (QED) is 0.703. The van der Waals surface area contributed by atoms with Gasteiger partial charge in [0.2, 0.25) is 15.9 Å². The number of nitrogens with zero attached hydrogens (tertiary/aromatic N) is 2. The number of carbonyl (C=O) groups excluding carboxylic acids is 1. The Morgan fingerprint density at radius 1 is 1.28 bits per heavy atom. The van der Waals surface area contributed by atoms with E-state index >= 15 is 0 Å². The van der Waals surface area contributed by atoms with Gasteiger partial charge in [-0.1, -0.05) is 30.3 Å². The van der Waals surface area contributed by atoms with Gasteiger partial charge in [-0.3, -0.25) is 4.79 Å². The molecule has 0 aliphatic heterocycles. The number of amides is 1. The number of aryl methyl sites for hydroxylation is 2. The van der Waals surface area contributed by atoms with Crippen LogP contribution in [-0.4, -0.2) is 36.7 Å². The maximum Gasteiger partial charge on any atom is 0.221 e. The molecule has 0 aliphatic carbocycles. The normalized spacial score (nSPS) is 12.7. The Morgan fingerprint density at radius 3 is 2.60 bits per heavy atom. The Labute approximate surface area is 148 Å². The van der Waals surface area contributed by atoms with Crippen LogP contribution in [0.5, 0.6) is 0 Å². The van der Waals surface area contributed by atoms with E-state index < -0.39 is 10.0 Å². The average molecular weight is 364 g/mol. The summed E-state index contributed by atoms with van der Waals surface area (Å²) in [6, 6.07) is 9.60. The molecular formula is C17H24N4O3S. The Balaban J connectivity index is 1.97. The third-order valence-electron chi connectivity index (χ3n) is 3.84. The molecule has 2 rings (SSSR count). The lowest BCUT2D eigenvalue weighted by Gasteiger charge is -2.20. The Bertz CT molecular complexity index is 787. The second kappa shape index (κ2) is 8.77. The van der Waals surface area contributed by atoms with Crippen molar-refractivity contribution in [3.63, 3.8) is 0 Å². The smallest absolute Gasteiger partial charge is 0.221 e. The first kappa shape index (κ1) is 19.1. The van der Waals surface area contributed by atoms with E-state index in [9.17, 15) is 13.2 Å². The highest BCUT2D eigenvalue weighted by Gasteiger charge is 2.15. The molecule has 1 atom stereocenters. The molecule has 0 bridgehead atoms. The van der Waals surface area contributed by atoms with Crippen molar-refractivity contribution in [2.75, 3.05) is 12.8 Å². The molecule has 0 unspecified atom stereocenters. The van der Waals surface area contributed by atoms with Crippen LogP contribution >= 0.6 is 0 Å². The summed E-state index contributed by atoms with van der Waals surface area (Å²) in [4.78, 5) is 16.4. The summed E-state index contributed by atoms with van der Waals surface area (Å²) >= 11 is 0. The Kier molecular flexibility index (Phi) is 6.72. The molecule has 0 spiro atoms. The first-order valence-electron chi connectivity index (χ1n) is 8.12. The Hall–Kier alpha value is -2.19. The number of imidazole rings is 1. The minimum Gasteiger partial charge on any atom is -0.349 e. The maximum absolute atomic E-state index is 12.2. The number of aromatic nitrogens is 2. The predicted molar refractivity (Wildman–Crippen MR) is 96.4 cm³/mol. The van der Waals surface area contributed by atoms with E-state index in [-0.39, 0.29) is 24.9 Å². The van der Waals surface area contributed by atoms with Crippen LogP contribution in [0.4, 0.5) is 0 Å². The number of carbonyl (C=O) groups is 1. The molecule has 0 fully saturated rings. The average Bonchev–Trinajstić information content (AvgIpc) is 2.96. The molecule has 25 heavy (non-hydrogen) atoms. The van der Waals surface area contributed by atoms with E-state index in [2.05, 4.69) is 15.0 Å². The van der Waals surface area contributed by atoms with Gasteiger partial charge in [-0.25, -0.2) is 18.1 Å². The van der Waals surface area contributed by atoms with E-state index in [0.717, 1.165) is 24.2 Å². The summed E-state index contributed by atoms with van der Waals surface area (Å²) in [7, 11) is -3.29. The van der Waals surface area contributed by atoms with Crippen molar-refractivity contribution in [1.29, 1.82) is 0 Å². The minimum atomic E-state index is -3.29. The highest BCUT2D eigenvalue weighted by molar-refractivity contribution is 7.88. The number of benzene rings is 1. The van der Waals surface area contributed by atoms with Crippen molar-refractivity contribution in [3.8, 4) is 0 Å². The van der Waals surface area contributed by atoms with Gasteiger partial charge in [0, 0.05) is 31.9 Å². The van der Waals surface area contributed by atoms with Gasteiger partial charge < -0.3 is 9.88 Å². The van der Waals surface area contributed by atoms with Gasteiger partial charge in [0.05, 0.1) is 12.3 Å².